The van der Waals surface area contributed by atoms with E-state index in [0.717, 1.165) is 48.4 Å². The minimum absolute atomic E-state index is 0.227. The second-order valence-corrected chi connectivity index (χ2v) is 10.5. The van der Waals surface area contributed by atoms with Gasteiger partial charge in [0.15, 0.2) is 0 Å². The van der Waals surface area contributed by atoms with Crippen molar-refractivity contribution in [1.29, 1.82) is 0 Å². The molecule has 1 fully saturated rings. The SMILES string of the molecule is CN1CCC(N(C)c2nc3cc(CCC(=O)Cc4cccc(Cl)c4)ccc3c3sccc23)C1. The number of fused-ring (bicyclic) bond motifs is 3. The Kier molecular flexibility index (Phi) is 6.37. The lowest BCUT2D eigenvalue weighted by Crippen LogP contribution is -2.34. The van der Waals surface area contributed by atoms with Gasteiger partial charge in [-0.05, 0) is 67.2 Å². The highest BCUT2D eigenvalue weighted by Gasteiger charge is 2.26. The molecule has 0 saturated carbocycles. The van der Waals surface area contributed by atoms with Crippen molar-refractivity contribution in [3.63, 3.8) is 0 Å². The normalized spacial score (nSPS) is 16.6. The second kappa shape index (κ2) is 9.41. The third kappa shape index (κ3) is 4.77. The number of rotatable bonds is 7. The topological polar surface area (TPSA) is 36.4 Å². The van der Waals surface area contributed by atoms with E-state index in [2.05, 4.69) is 53.5 Å². The van der Waals surface area contributed by atoms with Gasteiger partial charge in [-0.2, -0.15) is 0 Å². The maximum Gasteiger partial charge on any atom is 0.138 e. The van der Waals surface area contributed by atoms with Crippen LogP contribution in [0.4, 0.5) is 5.82 Å². The van der Waals surface area contributed by atoms with Crippen LogP contribution in [0, 0.1) is 0 Å². The number of hydrogen-bond donors (Lipinski definition) is 0. The maximum absolute atomic E-state index is 12.6. The summed E-state index contributed by atoms with van der Waals surface area (Å²) in [4.78, 5) is 22.4. The third-order valence-corrected chi connectivity index (χ3v) is 7.85. The van der Waals surface area contributed by atoms with E-state index in [1.165, 1.54) is 15.5 Å². The smallest absolute Gasteiger partial charge is 0.138 e. The highest BCUT2D eigenvalue weighted by molar-refractivity contribution is 7.18. The molecule has 0 N–H and O–H groups in total. The Morgan fingerprint density at radius 2 is 2.06 bits per heavy atom. The number of benzene rings is 2. The number of pyridine rings is 1. The van der Waals surface area contributed by atoms with Crippen LogP contribution in [0.15, 0.2) is 53.9 Å². The van der Waals surface area contributed by atoms with Gasteiger partial charge in [-0.25, -0.2) is 4.98 Å². The molecule has 6 heteroatoms. The van der Waals surface area contributed by atoms with E-state index in [-0.39, 0.29) is 5.78 Å². The largest absolute Gasteiger partial charge is 0.355 e. The van der Waals surface area contributed by atoms with Crippen LogP contribution in [-0.4, -0.2) is 48.9 Å². The van der Waals surface area contributed by atoms with Crippen LogP contribution in [0.3, 0.4) is 0 Å². The van der Waals surface area contributed by atoms with Crippen LogP contribution < -0.4 is 4.90 Å². The number of ketones is 1. The van der Waals surface area contributed by atoms with E-state index in [1.807, 2.05) is 24.3 Å². The van der Waals surface area contributed by atoms with Crippen LogP contribution in [0.5, 0.6) is 0 Å². The second-order valence-electron chi connectivity index (χ2n) is 9.11. The molecule has 4 nitrogen and oxygen atoms in total. The Hall–Kier alpha value is -2.47. The average molecular weight is 478 g/mol. The molecule has 4 aromatic rings. The summed E-state index contributed by atoms with van der Waals surface area (Å²) in [5, 5.41) is 5.25. The highest BCUT2D eigenvalue weighted by atomic mass is 35.5. The van der Waals surface area contributed by atoms with Gasteiger partial charge in [0.25, 0.3) is 0 Å². The van der Waals surface area contributed by atoms with Gasteiger partial charge in [-0.15, -0.1) is 11.3 Å². The molecule has 0 aliphatic carbocycles. The first-order valence-corrected chi connectivity index (χ1v) is 12.7. The summed E-state index contributed by atoms with van der Waals surface area (Å²) < 4.78 is 1.29. The van der Waals surface area contributed by atoms with Gasteiger partial charge >= 0.3 is 0 Å². The molecule has 33 heavy (non-hydrogen) atoms. The predicted molar refractivity (Wildman–Crippen MR) is 140 cm³/mol. The van der Waals surface area contributed by atoms with Crippen LogP contribution in [-0.2, 0) is 17.6 Å². The first kappa shape index (κ1) is 22.3. The van der Waals surface area contributed by atoms with Crippen LogP contribution >= 0.6 is 22.9 Å². The molecule has 0 spiro atoms. The zero-order valence-electron chi connectivity index (χ0n) is 19.1. The number of likely N-dealkylation sites (N-methyl/N-ethyl adjacent to an activating group) is 2. The Morgan fingerprint density at radius 1 is 1.18 bits per heavy atom. The number of likely N-dealkylation sites (tertiary alicyclic amines) is 1. The zero-order valence-corrected chi connectivity index (χ0v) is 20.6. The maximum atomic E-state index is 12.6. The van der Waals surface area contributed by atoms with Gasteiger partial charge in [0.1, 0.15) is 11.6 Å². The van der Waals surface area contributed by atoms with Crippen molar-refractivity contribution in [3.05, 3.63) is 70.1 Å². The minimum Gasteiger partial charge on any atom is -0.355 e. The average Bonchev–Trinajstić information content (AvgIpc) is 3.46. The molecule has 0 amide bonds. The first-order valence-electron chi connectivity index (χ1n) is 11.5. The van der Waals surface area contributed by atoms with E-state index in [1.54, 1.807) is 11.3 Å². The fraction of sp³-hybridized carbons (Fsp3) is 0.333. The summed E-state index contributed by atoms with van der Waals surface area (Å²) in [7, 11) is 4.36. The van der Waals surface area contributed by atoms with Gasteiger partial charge in [0.05, 0.1) is 5.52 Å². The lowest BCUT2D eigenvalue weighted by molar-refractivity contribution is -0.118. The molecule has 170 valence electrons. The molecule has 1 aliphatic rings. The molecule has 2 aromatic carbocycles. The number of anilines is 1. The van der Waals surface area contributed by atoms with Gasteiger partial charge < -0.3 is 9.80 Å². The molecule has 0 bridgehead atoms. The molecule has 3 heterocycles. The van der Waals surface area contributed by atoms with Crippen molar-refractivity contribution < 1.29 is 4.79 Å². The van der Waals surface area contributed by atoms with Crippen molar-refractivity contribution in [3.8, 4) is 0 Å². The monoisotopic (exact) mass is 477 g/mol. The summed E-state index contributed by atoms with van der Waals surface area (Å²) in [6.45, 7) is 2.19. The summed E-state index contributed by atoms with van der Waals surface area (Å²) in [5.74, 6) is 1.29. The predicted octanol–water partition coefficient (Wildman–Crippen LogP) is 5.99. The van der Waals surface area contributed by atoms with E-state index in [0.29, 0.717) is 23.9 Å². The Labute approximate surface area is 203 Å². The number of Topliss-reactive ketones (excluding diaryl/α,β-unsaturated/α-hetero) is 1. The van der Waals surface area contributed by atoms with Crippen molar-refractivity contribution in [2.75, 3.05) is 32.1 Å². The van der Waals surface area contributed by atoms with E-state index in [4.69, 9.17) is 16.6 Å². The molecule has 1 aliphatic heterocycles. The van der Waals surface area contributed by atoms with Crippen LogP contribution in [0.25, 0.3) is 21.0 Å². The Bertz CT molecular complexity index is 1320. The number of nitrogens with zero attached hydrogens (tertiary/aromatic N) is 3. The number of aryl methyl sites for hydroxylation is 1. The lowest BCUT2D eigenvalue weighted by atomic mass is 10.0. The fourth-order valence-corrected chi connectivity index (χ4v) is 5.94. The molecule has 1 saturated heterocycles. The molecule has 1 unspecified atom stereocenters. The van der Waals surface area contributed by atoms with E-state index in [9.17, 15) is 4.79 Å². The highest BCUT2D eigenvalue weighted by Crippen LogP contribution is 2.36. The number of hydrogen-bond acceptors (Lipinski definition) is 5. The number of aromatic nitrogens is 1. The minimum atomic E-state index is 0.227. The zero-order chi connectivity index (χ0) is 22.9. The third-order valence-electron chi connectivity index (χ3n) is 6.67. The summed E-state index contributed by atoms with van der Waals surface area (Å²) >= 11 is 7.83. The van der Waals surface area contributed by atoms with Gasteiger partial charge in [0.2, 0.25) is 0 Å². The summed E-state index contributed by atoms with van der Waals surface area (Å²) in [6.07, 6.45) is 2.82. The quantitative estimate of drug-likeness (QED) is 0.327. The summed E-state index contributed by atoms with van der Waals surface area (Å²) in [6, 6.07) is 16.7. The first-order chi connectivity index (χ1) is 16.0. The summed E-state index contributed by atoms with van der Waals surface area (Å²) in [5.41, 5.74) is 3.13. The molecule has 2 aromatic heterocycles. The van der Waals surface area contributed by atoms with Crippen molar-refractivity contribution >= 4 is 55.5 Å². The molecular formula is C27H28ClN3OS. The van der Waals surface area contributed by atoms with Crippen LogP contribution in [0.2, 0.25) is 5.02 Å². The number of halogens is 1. The molecule has 1 atom stereocenters. The van der Waals surface area contributed by atoms with Crippen molar-refractivity contribution in [2.45, 2.75) is 31.7 Å². The van der Waals surface area contributed by atoms with Gasteiger partial charge in [0, 0.05) is 53.0 Å². The number of carbonyl (C=O) groups is 1. The van der Waals surface area contributed by atoms with E-state index >= 15 is 0 Å². The number of thiophene rings is 1. The van der Waals surface area contributed by atoms with Gasteiger partial charge in [-0.1, -0.05) is 35.9 Å². The van der Waals surface area contributed by atoms with E-state index < -0.39 is 0 Å². The lowest BCUT2D eigenvalue weighted by Gasteiger charge is -2.26. The molecule has 0 radical (unpaired) electrons. The molecular weight excluding hydrogens is 450 g/mol. The number of carbonyl (C=O) groups excluding carboxylic acids is 1. The van der Waals surface area contributed by atoms with Gasteiger partial charge in [-0.3, -0.25) is 4.79 Å². The Balaban J connectivity index is 1.38. The Morgan fingerprint density at radius 3 is 2.85 bits per heavy atom. The van der Waals surface area contributed by atoms with Crippen LogP contribution in [0.1, 0.15) is 24.0 Å². The van der Waals surface area contributed by atoms with Crippen molar-refractivity contribution in [1.82, 2.24) is 9.88 Å². The standard InChI is InChI=1S/C27H28ClN3OS/c1-30-12-10-21(17-30)31(2)27-24-11-13-33-26(24)23-9-7-18(16-25(23)29-27)6-8-22(32)15-19-4-3-5-20(28)14-19/h3-5,7,9,11,13-14,16,21H,6,8,10,12,15,17H2,1-2H3. The molecule has 5 rings (SSSR count). The van der Waals surface area contributed by atoms with Crippen molar-refractivity contribution in [2.24, 2.45) is 0 Å². The fourth-order valence-electron chi connectivity index (χ4n) is 4.80.